The number of rotatable bonds is 3. The maximum atomic E-state index is 12.3. The Balaban J connectivity index is 2.14. The van der Waals surface area contributed by atoms with Gasteiger partial charge in [-0.2, -0.15) is 0 Å². The molecule has 1 aliphatic heterocycles. The highest BCUT2D eigenvalue weighted by Gasteiger charge is 2.28. The molecule has 94 valence electrons. The van der Waals surface area contributed by atoms with E-state index in [9.17, 15) is 4.79 Å². The first-order valence-corrected chi connectivity index (χ1v) is 6.65. The molecule has 2 heterocycles. The van der Waals surface area contributed by atoms with Gasteiger partial charge in [0.1, 0.15) is 0 Å². The molecular formula is C13H18ClNO2. The smallest absolute Gasteiger partial charge is 0.258 e. The molecule has 0 bridgehead atoms. The summed E-state index contributed by atoms with van der Waals surface area (Å²) in [5.41, 5.74) is 0.495. The van der Waals surface area contributed by atoms with Gasteiger partial charge in [0, 0.05) is 12.6 Å². The van der Waals surface area contributed by atoms with Crippen molar-refractivity contribution in [1.29, 1.82) is 0 Å². The van der Waals surface area contributed by atoms with E-state index in [0.717, 1.165) is 32.2 Å². The van der Waals surface area contributed by atoms with Crippen LogP contribution >= 0.6 is 11.6 Å². The molecule has 0 N–H and O–H groups in total. The molecule has 17 heavy (non-hydrogen) atoms. The lowest BCUT2D eigenvalue weighted by Crippen LogP contribution is -2.43. The predicted molar refractivity (Wildman–Crippen MR) is 67.3 cm³/mol. The predicted octanol–water partition coefficient (Wildman–Crippen LogP) is 3.73. The molecular weight excluding hydrogens is 238 g/mol. The van der Waals surface area contributed by atoms with E-state index >= 15 is 0 Å². The zero-order valence-corrected chi connectivity index (χ0v) is 10.9. The van der Waals surface area contributed by atoms with E-state index in [0.29, 0.717) is 11.6 Å². The summed E-state index contributed by atoms with van der Waals surface area (Å²) in [5, 5.41) is 0.204. The van der Waals surface area contributed by atoms with E-state index in [1.807, 2.05) is 4.90 Å². The number of piperidine rings is 1. The molecule has 1 amide bonds. The number of halogens is 1. The number of amides is 1. The average molecular weight is 256 g/mol. The van der Waals surface area contributed by atoms with Crippen LogP contribution < -0.4 is 0 Å². The summed E-state index contributed by atoms with van der Waals surface area (Å²) >= 11 is 5.86. The van der Waals surface area contributed by atoms with E-state index < -0.39 is 0 Å². The SMILES string of the molecule is CCCC1CCCCN1C(=O)c1ccoc1Cl. The first kappa shape index (κ1) is 12.5. The maximum Gasteiger partial charge on any atom is 0.258 e. The molecule has 2 rings (SSSR count). The summed E-state index contributed by atoms with van der Waals surface area (Å²) in [5.74, 6) is 0.0156. The Kier molecular flexibility index (Phi) is 4.11. The Labute approximate surface area is 107 Å². The summed E-state index contributed by atoms with van der Waals surface area (Å²) in [6, 6.07) is 2.02. The van der Waals surface area contributed by atoms with Gasteiger partial charge in [-0.05, 0) is 43.4 Å². The van der Waals surface area contributed by atoms with Gasteiger partial charge < -0.3 is 9.32 Å². The molecule has 1 unspecified atom stereocenters. The van der Waals surface area contributed by atoms with Crippen molar-refractivity contribution in [3.63, 3.8) is 0 Å². The van der Waals surface area contributed by atoms with Crippen LogP contribution in [0.1, 0.15) is 49.4 Å². The maximum absolute atomic E-state index is 12.3. The van der Waals surface area contributed by atoms with Gasteiger partial charge in [-0.3, -0.25) is 4.79 Å². The minimum absolute atomic E-state index is 0.0156. The van der Waals surface area contributed by atoms with Crippen molar-refractivity contribution in [3.05, 3.63) is 23.1 Å². The minimum atomic E-state index is 0.0156. The molecule has 0 saturated carbocycles. The number of carbonyl (C=O) groups is 1. The van der Waals surface area contributed by atoms with Gasteiger partial charge in [0.2, 0.25) is 5.22 Å². The second-order valence-electron chi connectivity index (χ2n) is 4.54. The third-order valence-corrected chi connectivity index (χ3v) is 3.65. The van der Waals surface area contributed by atoms with Crippen LogP contribution in [0.25, 0.3) is 0 Å². The second-order valence-corrected chi connectivity index (χ2v) is 4.89. The Morgan fingerprint density at radius 1 is 1.59 bits per heavy atom. The topological polar surface area (TPSA) is 33.5 Å². The van der Waals surface area contributed by atoms with Gasteiger partial charge in [0.15, 0.2) is 0 Å². The summed E-state index contributed by atoms with van der Waals surface area (Å²) in [6.45, 7) is 2.99. The molecule has 1 aliphatic rings. The molecule has 4 heteroatoms. The fourth-order valence-corrected chi connectivity index (χ4v) is 2.70. The Bertz CT molecular complexity index is 387. The Morgan fingerprint density at radius 2 is 2.41 bits per heavy atom. The van der Waals surface area contributed by atoms with Crippen LogP contribution in [0.2, 0.25) is 5.22 Å². The Morgan fingerprint density at radius 3 is 3.06 bits per heavy atom. The zero-order chi connectivity index (χ0) is 12.3. The molecule has 1 aromatic heterocycles. The van der Waals surface area contributed by atoms with Crippen LogP contribution in [0.3, 0.4) is 0 Å². The minimum Gasteiger partial charge on any atom is -0.452 e. The lowest BCUT2D eigenvalue weighted by atomic mass is 9.97. The van der Waals surface area contributed by atoms with Gasteiger partial charge in [-0.1, -0.05) is 13.3 Å². The summed E-state index contributed by atoms with van der Waals surface area (Å²) in [4.78, 5) is 14.3. The van der Waals surface area contributed by atoms with Crippen molar-refractivity contribution in [3.8, 4) is 0 Å². The van der Waals surface area contributed by atoms with E-state index in [1.165, 1.54) is 12.7 Å². The van der Waals surface area contributed by atoms with Crippen LogP contribution in [0, 0.1) is 0 Å². The van der Waals surface area contributed by atoms with Crippen molar-refractivity contribution >= 4 is 17.5 Å². The van der Waals surface area contributed by atoms with Gasteiger partial charge in [0.25, 0.3) is 5.91 Å². The first-order chi connectivity index (χ1) is 8.24. The van der Waals surface area contributed by atoms with Crippen molar-refractivity contribution in [1.82, 2.24) is 4.90 Å². The number of furan rings is 1. The number of nitrogens with zero attached hydrogens (tertiary/aromatic N) is 1. The molecule has 1 fully saturated rings. The molecule has 0 aromatic carbocycles. The van der Waals surface area contributed by atoms with Crippen LogP contribution in [0.15, 0.2) is 16.7 Å². The van der Waals surface area contributed by atoms with E-state index in [2.05, 4.69) is 6.92 Å². The molecule has 1 saturated heterocycles. The van der Waals surface area contributed by atoms with Gasteiger partial charge in [-0.15, -0.1) is 0 Å². The van der Waals surface area contributed by atoms with Gasteiger partial charge in [0.05, 0.1) is 11.8 Å². The van der Waals surface area contributed by atoms with E-state index in [4.69, 9.17) is 16.0 Å². The van der Waals surface area contributed by atoms with Crippen molar-refractivity contribution in [2.24, 2.45) is 0 Å². The Hall–Kier alpha value is -0.960. The number of carbonyl (C=O) groups excluding carboxylic acids is 1. The lowest BCUT2D eigenvalue weighted by Gasteiger charge is -2.35. The quantitative estimate of drug-likeness (QED) is 0.825. The van der Waals surface area contributed by atoms with Crippen LogP contribution in [0.4, 0.5) is 0 Å². The molecule has 0 aliphatic carbocycles. The highest BCUT2D eigenvalue weighted by molar-refractivity contribution is 6.32. The third kappa shape index (κ3) is 2.65. The molecule has 1 aromatic rings. The summed E-state index contributed by atoms with van der Waals surface area (Å²) in [7, 11) is 0. The monoisotopic (exact) mass is 255 g/mol. The zero-order valence-electron chi connectivity index (χ0n) is 10.1. The fourth-order valence-electron chi connectivity index (χ4n) is 2.50. The molecule has 1 atom stereocenters. The van der Waals surface area contributed by atoms with Crippen molar-refractivity contribution in [2.75, 3.05) is 6.54 Å². The summed E-state index contributed by atoms with van der Waals surface area (Å²) in [6.07, 6.45) is 7.05. The van der Waals surface area contributed by atoms with Crippen molar-refractivity contribution in [2.45, 2.75) is 45.1 Å². The average Bonchev–Trinajstić information content (AvgIpc) is 2.76. The molecule has 0 spiro atoms. The van der Waals surface area contributed by atoms with Gasteiger partial charge >= 0.3 is 0 Å². The third-order valence-electron chi connectivity index (χ3n) is 3.36. The van der Waals surface area contributed by atoms with Crippen LogP contribution in [0.5, 0.6) is 0 Å². The number of hydrogen-bond donors (Lipinski definition) is 0. The van der Waals surface area contributed by atoms with Crippen LogP contribution in [-0.2, 0) is 0 Å². The standard InChI is InChI=1S/C13H18ClNO2/c1-2-5-10-6-3-4-8-15(10)13(16)11-7-9-17-12(11)14/h7,9-10H,2-6,8H2,1H3. The number of likely N-dealkylation sites (tertiary alicyclic amines) is 1. The fraction of sp³-hybridized carbons (Fsp3) is 0.615. The highest BCUT2D eigenvalue weighted by Crippen LogP contribution is 2.25. The largest absolute Gasteiger partial charge is 0.452 e. The van der Waals surface area contributed by atoms with Crippen LogP contribution in [-0.4, -0.2) is 23.4 Å². The van der Waals surface area contributed by atoms with Gasteiger partial charge in [-0.25, -0.2) is 0 Å². The molecule has 0 radical (unpaired) electrons. The lowest BCUT2D eigenvalue weighted by molar-refractivity contribution is 0.0600. The molecule has 3 nitrogen and oxygen atoms in total. The van der Waals surface area contributed by atoms with Crippen molar-refractivity contribution < 1.29 is 9.21 Å². The van der Waals surface area contributed by atoms with E-state index in [-0.39, 0.29) is 11.1 Å². The second kappa shape index (κ2) is 5.58. The number of hydrogen-bond acceptors (Lipinski definition) is 2. The van der Waals surface area contributed by atoms with E-state index in [1.54, 1.807) is 6.07 Å². The normalized spacial score (nSPS) is 20.6. The summed E-state index contributed by atoms with van der Waals surface area (Å²) < 4.78 is 4.99. The highest BCUT2D eigenvalue weighted by atomic mass is 35.5. The first-order valence-electron chi connectivity index (χ1n) is 6.28.